The van der Waals surface area contributed by atoms with Gasteiger partial charge in [-0.2, -0.15) is 0 Å². The van der Waals surface area contributed by atoms with E-state index in [0.29, 0.717) is 44.6 Å². The minimum atomic E-state index is -0.317. The van der Waals surface area contributed by atoms with Crippen LogP contribution in [0.2, 0.25) is 0 Å². The molecule has 0 bridgehead atoms. The van der Waals surface area contributed by atoms with Crippen molar-refractivity contribution in [1.29, 1.82) is 0 Å². The summed E-state index contributed by atoms with van der Waals surface area (Å²) in [6, 6.07) is 3.10. The lowest BCUT2D eigenvalue weighted by molar-refractivity contribution is -0.127. The van der Waals surface area contributed by atoms with Crippen molar-refractivity contribution in [1.82, 2.24) is 20.5 Å². The molecule has 28 heavy (non-hydrogen) atoms. The van der Waals surface area contributed by atoms with Gasteiger partial charge in [0.15, 0.2) is 17.6 Å². The van der Waals surface area contributed by atoms with Gasteiger partial charge in [-0.25, -0.2) is 14.4 Å². The van der Waals surface area contributed by atoms with Gasteiger partial charge in [-0.05, 0) is 31.9 Å². The van der Waals surface area contributed by atoms with Crippen LogP contribution in [0.15, 0.2) is 23.3 Å². The predicted molar refractivity (Wildman–Crippen MR) is 108 cm³/mol. The Bertz CT molecular complexity index is 655. The molecule has 2 N–H and O–H groups in total. The number of likely N-dealkylation sites (N-methyl/N-ethyl adjacent to an activating group) is 1. The number of anilines is 1. The summed E-state index contributed by atoms with van der Waals surface area (Å²) in [6.45, 7) is 5.41. The van der Waals surface area contributed by atoms with Gasteiger partial charge in [-0.3, -0.25) is 4.79 Å². The van der Waals surface area contributed by atoms with Crippen LogP contribution in [0.3, 0.4) is 0 Å². The van der Waals surface area contributed by atoms with Gasteiger partial charge in [0, 0.05) is 59.2 Å². The molecule has 9 heteroatoms. The Kier molecular flexibility index (Phi) is 8.93. The molecule has 1 atom stereocenters. The van der Waals surface area contributed by atoms with Crippen molar-refractivity contribution in [2.45, 2.75) is 25.8 Å². The number of amides is 1. The van der Waals surface area contributed by atoms with Gasteiger partial charge in [0.25, 0.3) is 0 Å². The van der Waals surface area contributed by atoms with Gasteiger partial charge in [0.1, 0.15) is 6.54 Å². The standard InChI is InChI=1S/C19H31FN6O2/c1-4-28-12-6-10-22-19(23-13-17(27)25(2)3)24-15-8-11-26(14-15)18-16(20)7-5-9-21-18/h5,7,9,15H,4,6,8,10-14H2,1-3H3,(H2,22,23,24). The fraction of sp³-hybridized carbons (Fsp3) is 0.632. The van der Waals surface area contributed by atoms with Gasteiger partial charge in [-0.15, -0.1) is 0 Å². The number of halogens is 1. The minimum Gasteiger partial charge on any atom is -0.382 e. The first kappa shape index (κ1) is 21.9. The Hall–Kier alpha value is -2.42. The number of aliphatic imine (C=N–C) groups is 1. The number of rotatable bonds is 9. The molecule has 1 unspecified atom stereocenters. The molecule has 0 saturated carbocycles. The average molecular weight is 394 g/mol. The molecule has 2 rings (SSSR count). The third-order valence-electron chi connectivity index (χ3n) is 4.40. The van der Waals surface area contributed by atoms with E-state index in [-0.39, 0.29) is 24.3 Å². The molecule has 1 amide bonds. The van der Waals surface area contributed by atoms with E-state index < -0.39 is 0 Å². The first-order valence-electron chi connectivity index (χ1n) is 9.69. The van der Waals surface area contributed by atoms with Crippen molar-refractivity contribution in [2.75, 3.05) is 58.4 Å². The molecule has 0 radical (unpaired) electrons. The SMILES string of the molecule is CCOCCCNC(=NCC(=O)N(C)C)NC1CCN(c2ncccc2F)C1. The number of pyridine rings is 1. The molecule has 1 aromatic heterocycles. The number of hydrogen-bond acceptors (Lipinski definition) is 5. The van der Waals surface area contributed by atoms with Crippen LogP contribution in [-0.2, 0) is 9.53 Å². The highest BCUT2D eigenvalue weighted by atomic mass is 19.1. The minimum absolute atomic E-state index is 0.0685. The molecule has 8 nitrogen and oxygen atoms in total. The highest BCUT2D eigenvalue weighted by Crippen LogP contribution is 2.20. The molecule has 0 spiro atoms. The second-order valence-corrected chi connectivity index (χ2v) is 6.82. The summed E-state index contributed by atoms with van der Waals surface area (Å²) in [7, 11) is 3.41. The van der Waals surface area contributed by atoms with Crippen molar-refractivity contribution >= 4 is 17.7 Å². The fourth-order valence-electron chi connectivity index (χ4n) is 2.84. The van der Waals surface area contributed by atoms with Gasteiger partial charge in [-0.1, -0.05) is 0 Å². The molecular weight excluding hydrogens is 363 g/mol. The quantitative estimate of drug-likeness (QED) is 0.367. The summed E-state index contributed by atoms with van der Waals surface area (Å²) in [5, 5.41) is 6.60. The van der Waals surface area contributed by atoms with Crippen LogP contribution in [0.1, 0.15) is 19.8 Å². The zero-order valence-electron chi connectivity index (χ0n) is 16.9. The lowest BCUT2D eigenvalue weighted by Crippen LogP contribution is -2.45. The summed E-state index contributed by atoms with van der Waals surface area (Å²) in [5.41, 5.74) is 0. The average Bonchev–Trinajstić information content (AvgIpc) is 3.13. The van der Waals surface area contributed by atoms with Crippen molar-refractivity contribution in [3.63, 3.8) is 0 Å². The van der Waals surface area contributed by atoms with E-state index in [1.807, 2.05) is 11.8 Å². The highest BCUT2D eigenvalue weighted by molar-refractivity contribution is 5.85. The monoisotopic (exact) mass is 394 g/mol. The molecule has 156 valence electrons. The van der Waals surface area contributed by atoms with E-state index in [0.717, 1.165) is 12.8 Å². The molecule has 0 aromatic carbocycles. The third-order valence-corrected chi connectivity index (χ3v) is 4.40. The lowest BCUT2D eigenvalue weighted by atomic mass is 10.3. The second kappa shape index (κ2) is 11.4. The number of carbonyl (C=O) groups is 1. The molecule has 1 saturated heterocycles. The smallest absolute Gasteiger partial charge is 0.243 e. The zero-order chi connectivity index (χ0) is 20.4. The summed E-state index contributed by atoms with van der Waals surface area (Å²) in [5.74, 6) is 0.569. The molecule has 0 aliphatic carbocycles. The largest absolute Gasteiger partial charge is 0.382 e. The van der Waals surface area contributed by atoms with Gasteiger partial charge < -0.3 is 25.2 Å². The van der Waals surface area contributed by atoms with Crippen molar-refractivity contribution in [3.8, 4) is 0 Å². The van der Waals surface area contributed by atoms with E-state index in [2.05, 4.69) is 20.6 Å². The first-order valence-corrected chi connectivity index (χ1v) is 9.69. The van der Waals surface area contributed by atoms with Crippen LogP contribution in [0, 0.1) is 5.82 Å². The molecule has 1 aliphatic heterocycles. The Balaban J connectivity index is 1.92. The Morgan fingerprint density at radius 1 is 1.50 bits per heavy atom. The number of hydrogen-bond donors (Lipinski definition) is 2. The first-order chi connectivity index (χ1) is 13.5. The van der Waals surface area contributed by atoms with Gasteiger partial charge >= 0.3 is 0 Å². The predicted octanol–water partition coefficient (Wildman–Crippen LogP) is 0.849. The molecule has 1 fully saturated rings. The van der Waals surface area contributed by atoms with Crippen LogP contribution in [0.25, 0.3) is 0 Å². The second-order valence-electron chi connectivity index (χ2n) is 6.82. The van der Waals surface area contributed by atoms with Gasteiger partial charge in [0.2, 0.25) is 5.91 Å². The van der Waals surface area contributed by atoms with E-state index >= 15 is 0 Å². The van der Waals surface area contributed by atoms with Crippen LogP contribution < -0.4 is 15.5 Å². The number of guanidine groups is 1. The summed E-state index contributed by atoms with van der Waals surface area (Å²) in [6.07, 6.45) is 3.27. The van der Waals surface area contributed by atoms with E-state index in [1.54, 1.807) is 26.4 Å². The topological polar surface area (TPSA) is 82.1 Å². The highest BCUT2D eigenvalue weighted by Gasteiger charge is 2.26. The zero-order valence-corrected chi connectivity index (χ0v) is 16.9. The fourth-order valence-corrected chi connectivity index (χ4v) is 2.84. The third kappa shape index (κ3) is 6.95. The van der Waals surface area contributed by atoms with E-state index in [4.69, 9.17) is 4.74 Å². The van der Waals surface area contributed by atoms with Crippen LogP contribution in [-0.4, -0.2) is 81.3 Å². The number of ether oxygens (including phenoxy) is 1. The molecular formula is C19H31FN6O2. The summed E-state index contributed by atoms with van der Waals surface area (Å²) < 4.78 is 19.3. The molecule has 2 heterocycles. The van der Waals surface area contributed by atoms with Crippen LogP contribution in [0.4, 0.5) is 10.2 Å². The van der Waals surface area contributed by atoms with Crippen molar-refractivity contribution < 1.29 is 13.9 Å². The Labute approximate surface area is 166 Å². The van der Waals surface area contributed by atoms with Crippen molar-refractivity contribution in [3.05, 3.63) is 24.1 Å². The van der Waals surface area contributed by atoms with Gasteiger partial charge in [0.05, 0.1) is 0 Å². The summed E-state index contributed by atoms with van der Waals surface area (Å²) in [4.78, 5) is 23.8. The number of aromatic nitrogens is 1. The number of carbonyl (C=O) groups excluding carboxylic acids is 1. The molecule has 1 aromatic rings. The Morgan fingerprint density at radius 3 is 3.04 bits per heavy atom. The van der Waals surface area contributed by atoms with Crippen LogP contribution >= 0.6 is 0 Å². The summed E-state index contributed by atoms with van der Waals surface area (Å²) >= 11 is 0. The maximum atomic E-state index is 14.0. The normalized spacial score (nSPS) is 16.9. The van der Waals surface area contributed by atoms with E-state index in [1.165, 1.54) is 11.0 Å². The maximum absolute atomic E-state index is 14.0. The lowest BCUT2D eigenvalue weighted by Gasteiger charge is -2.20. The number of nitrogens with one attached hydrogen (secondary N) is 2. The Morgan fingerprint density at radius 2 is 2.32 bits per heavy atom. The van der Waals surface area contributed by atoms with Crippen LogP contribution in [0.5, 0.6) is 0 Å². The number of nitrogens with zero attached hydrogens (tertiary/aromatic N) is 4. The maximum Gasteiger partial charge on any atom is 0.243 e. The van der Waals surface area contributed by atoms with E-state index in [9.17, 15) is 9.18 Å². The van der Waals surface area contributed by atoms with Crippen molar-refractivity contribution in [2.24, 2.45) is 4.99 Å². The molecule has 1 aliphatic rings.